The van der Waals surface area contributed by atoms with Gasteiger partial charge in [0.05, 0.1) is 6.04 Å². The van der Waals surface area contributed by atoms with Crippen molar-refractivity contribution in [2.24, 2.45) is 0 Å². The molecule has 0 aliphatic carbocycles. The van der Waals surface area contributed by atoms with Gasteiger partial charge in [0.15, 0.2) is 0 Å². The van der Waals surface area contributed by atoms with Gasteiger partial charge in [-0.3, -0.25) is 9.69 Å². The molecule has 4 nitrogen and oxygen atoms in total. The lowest BCUT2D eigenvalue weighted by Crippen LogP contribution is -2.40. The lowest BCUT2D eigenvalue weighted by atomic mass is 9.96. The molecule has 0 radical (unpaired) electrons. The molecule has 1 atom stereocenters. The van der Waals surface area contributed by atoms with E-state index in [0.29, 0.717) is 13.0 Å². The molecule has 0 saturated heterocycles. The van der Waals surface area contributed by atoms with Crippen LogP contribution < -0.4 is 10.2 Å². The summed E-state index contributed by atoms with van der Waals surface area (Å²) in [6, 6.07) is 27.8. The number of nitrogens with one attached hydrogen (secondary N) is 1. The van der Waals surface area contributed by atoms with Crippen molar-refractivity contribution in [3.05, 3.63) is 101 Å². The van der Waals surface area contributed by atoms with Gasteiger partial charge in [-0.05, 0) is 47.2 Å². The number of hydrogen-bond acceptors (Lipinski definition) is 3. The Bertz CT molecular complexity index is 1010. The first-order valence-corrected chi connectivity index (χ1v) is 11.5. The Labute approximate surface area is 191 Å². The summed E-state index contributed by atoms with van der Waals surface area (Å²) < 4.78 is 0. The number of fused-ring (bicyclic) bond motifs is 1. The van der Waals surface area contributed by atoms with Crippen LogP contribution in [0.25, 0.3) is 0 Å². The third-order valence-corrected chi connectivity index (χ3v) is 6.37. The molecule has 0 spiro atoms. The highest BCUT2D eigenvalue weighted by molar-refractivity contribution is 5.76. The maximum absolute atomic E-state index is 12.6. The van der Waals surface area contributed by atoms with Crippen molar-refractivity contribution in [3.8, 4) is 0 Å². The van der Waals surface area contributed by atoms with Gasteiger partial charge in [-0.25, -0.2) is 0 Å². The molecule has 0 saturated carbocycles. The molecule has 0 unspecified atom stereocenters. The Morgan fingerprint density at radius 1 is 0.938 bits per heavy atom. The van der Waals surface area contributed by atoms with Crippen LogP contribution in [0.1, 0.15) is 34.7 Å². The second kappa shape index (κ2) is 10.5. The smallest absolute Gasteiger partial charge is 0.220 e. The zero-order valence-corrected chi connectivity index (χ0v) is 19.1. The van der Waals surface area contributed by atoms with Crippen LogP contribution in [0.2, 0.25) is 0 Å². The van der Waals surface area contributed by atoms with E-state index in [1.807, 2.05) is 18.2 Å². The quantitative estimate of drug-likeness (QED) is 0.571. The fraction of sp³-hybridized carbons (Fsp3) is 0.321. The van der Waals surface area contributed by atoms with Crippen LogP contribution in [0.3, 0.4) is 0 Å². The van der Waals surface area contributed by atoms with Crippen molar-refractivity contribution >= 4 is 11.6 Å². The summed E-state index contributed by atoms with van der Waals surface area (Å²) in [7, 11) is 4.11. The van der Waals surface area contributed by atoms with Crippen LogP contribution in [-0.4, -0.2) is 38.0 Å². The lowest BCUT2D eigenvalue weighted by Gasteiger charge is -2.36. The predicted octanol–water partition coefficient (Wildman–Crippen LogP) is 4.60. The highest BCUT2D eigenvalue weighted by Gasteiger charge is 2.25. The fourth-order valence-corrected chi connectivity index (χ4v) is 4.44. The van der Waals surface area contributed by atoms with Gasteiger partial charge in [0, 0.05) is 45.8 Å². The largest absolute Gasteiger partial charge is 0.378 e. The molecule has 32 heavy (non-hydrogen) atoms. The molecule has 166 valence electrons. The van der Waals surface area contributed by atoms with Crippen LogP contribution in [0.15, 0.2) is 78.9 Å². The minimum atomic E-state index is 0.112. The van der Waals surface area contributed by atoms with E-state index in [1.165, 1.54) is 27.9 Å². The number of anilines is 1. The summed E-state index contributed by atoms with van der Waals surface area (Å²) in [5.74, 6) is 0.112. The lowest BCUT2D eigenvalue weighted by molar-refractivity contribution is -0.121. The standard InChI is InChI=1S/C28H33N3O/c1-30(2)26-15-13-24(14-16-26)27(31-19-18-23-10-6-7-11-25(23)21-31)20-29-28(32)17-12-22-8-4-3-5-9-22/h3-11,13-16,27H,12,17-21H2,1-2H3,(H,29,32)/t27-/m0/s1. The van der Waals surface area contributed by atoms with Crippen molar-refractivity contribution in [2.75, 3.05) is 32.1 Å². The Kier molecular flexibility index (Phi) is 7.23. The van der Waals surface area contributed by atoms with Gasteiger partial charge < -0.3 is 10.2 Å². The van der Waals surface area contributed by atoms with E-state index >= 15 is 0 Å². The Hall–Kier alpha value is -3.11. The minimum absolute atomic E-state index is 0.112. The van der Waals surface area contributed by atoms with Crippen LogP contribution in [-0.2, 0) is 24.2 Å². The van der Waals surface area contributed by atoms with E-state index in [-0.39, 0.29) is 11.9 Å². The van der Waals surface area contributed by atoms with Gasteiger partial charge in [-0.2, -0.15) is 0 Å². The van der Waals surface area contributed by atoms with Crippen molar-refractivity contribution < 1.29 is 4.79 Å². The molecule has 3 aromatic rings. The molecule has 1 amide bonds. The topological polar surface area (TPSA) is 35.6 Å². The van der Waals surface area contributed by atoms with Crippen molar-refractivity contribution in [2.45, 2.75) is 31.8 Å². The Morgan fingerprint density at radius 3 is 2.34 bits per heavy atom. The molecule has 3 aromatic carbocycles. The van der Waals surface area contributed by atoms with Gasteiger partial charge >= 0.3 is 0 Å². The zero-order chi connectivity index (χ0) is 22.3. The molecular formula is C28H33N3O. The number of carbonyl (C=O) groups is 1. The van der Waals surface area contributed by atoms with E-state index < -0.39 is 0 Å². The third-order valence-electron chi connectivity index (χ3n) is 6.37. The average Bonchev–Trinajstić information content (AvgIpc) is 2.83. The molecule has 1 N–H and O–H groups in total. The summed E-state index contributed by atoms with van der Waals surface area (Å²) >= 11 is 0. The van der Waals surface area contributed by atoms with E-state index in [2.05, 4.69) is 89.9 Å². The number of carbonyl (C=O) groups excluding carboxylic acids is 1. The second-order valence-electron chi connectivity index (χ2n) is 8.78. The molecule has 0 aromatic heterocycles. The van der Waals surface area contributed by atoms with Gasteiger partial charge in [0.25, 0.3) is 0 Å². The molecule has 0 fully saturated rings. The normalized spacial score (nSPS) is 14.4. The van der Waals surface area contributed by atoms with Crippen molar-refractivity contribution in [3.63, 3.8) is 0 Å². The number of benzene rings is 3. The average molecular weight is 428 g/mol. The third kappa shape index (κ3) is 5.57. The van der Waals surface area contributed by atoms with E-state index in [0.717, 1.165) is 25.9 Å². The number of aryl methyl sites for hydroxylation is 1. The van der Waals surface area contributed by atoms with E-state index in [4.69, 9.17) is 0 Å². The SMILES string of the molecule is CN(C)c1ccc([C@H](CNC(=O)CCc2ccccc2)N2CCc3ccccc3C2)cc1. The molecule has 4 heteroatoms. The number of rotatable bonds is 8. The van der Waals surface area contributed by atoms with Crippen LogP contribution >= 0.6 is 0 Å². The van der Waals surface area contributed by atoms with E-state index in [1.54, 1.807) is 0 Å². The molecule has 0 bridgehead atoms. The van der Waals surface area contributed by atoms with Crippen LogP contribution in [0.5, 0.6) is 0 Å². The zero-order valence-electron chi connectivity index (χ0n) is 19.1. The Morgan fingerprint density at radius 2 is 1.62 bits per heavy atom. The number of amides is 1. The minimum Gasteiger partial charge on any atom is -0.378 e. The Balaban J connectivity index is 1.45. The highest BCUT2D eigenvalue weighted by Crippen LogP contribution is 2.28. The van der Waals surface area contributed by atoms with E-state index in [9.17, 15) is 4.79 Å². The predicted molar refractivity (Wildman–Crippen MR) is 132 cm³/mol. The molecule has 4 rings (SSSR count). The first-order chi connectivity index (χ1) is 15.6. The van der Waals surface area contributed by atoms with Gasteiger partial charge in [-0.1, -0.05) is 66.7 Å². The number of nitrogens with zero attached hydrogens (tertiary/aromatic N) is 2. The van der Waals surface area contributed by atoms with Gasteiger partial charge in [0.1, 0.15) is 0 Å². The van der Waals surface area contributed by atoms with Crippen LogP contribution in [0.4, 0.5) is 5.69 Å². The first kappa shape index (κ1) is 22.1. The molecule has 1 aliphatic heterocycles. The van der Waals surface area contributed by atoms with Crippen molar-refractivity contribution in [1.29, 1.82) is 0 Å². The summed E-state index contributed by atoms with van der Waals surface area (Å²) in [6.07, 6.45) is 2.33. The molecular weight excluding hydrogens is 394 g/mol. The maximum atomic E-state index is 12.6. The maximum Gasteiger partial charge on any atom is 0.220 e. The summed E-state index contributed by atoms with van der Waals surface area (Å²) in [4.78, 5) is 17.3. The second-order valence-corrected chi connectivity index (χ2v) is 8.78. The summed E-state index contributed by atoms with van der Waals surface area (Å²) in [5.41, 5.74) is 6.47. The van der Waals surface area contributed by atoms with Gasteiger partial charge in [0.2, 0.25) is 5.91 Å². The molecule has 1 heterocycles. The van der Waals surface area contributed by atoms with Crippen LogP contribution in [0, 0.1) is 0 Å². The summed E-state index contributed by atoms with van der Waals surface area (Å²) in [5, 5.41) is 3.22. The summed E-state index contributed by atoms with van der Waals surface area (Å²) in [6.45, 7) is 2.53. The highest BCUT2D eigenvalue weighted by atomic mass is 16.1. The fourth-order valence-electron chi connectivity index (χ4n) is 4.44. The van der Waals surface area contributed by atoms with Gasteiger partial charge in [-0.15, -0.1) is 0 Å². The first-order valence-electron chi connectivity index (χ1n) is 11.5. The monoisotopic (exact) mass is 427 g/mol. The van der Waals surface area contributed by atoms with Crippen molar-refractivity contribution in [1.82, 2.24) is 10.2 Å². The number of hydrogen-bond donors (Lipinski definition) is 1. The molecule has 1 aliphatic rings.